The first kappa shape index (κ1) is 17.0. The zero-order chi connectivity index (χ0) is 13.3. The summed E-state index contributed by atoms with van der Waals surface area (Å²) in [4.78, 5) is 0. The second-order valence-corrected chi connectivity index (χ2v) is 11.0. The van der Waals surface area contributed by atoms with Crippen molar-refractivity contribution >= 4 is 21.2 Å². The third kappa shape index (κ3) is 7.81. The van der Waals surface area contributed by atoms with Gasteiger partial charge < -0.3 is 13.6 Å². The van der Waals surface area contributed by atoms with Gasteiger partial charge in [-0.2, -0.15) is 0 Å². The van der Waals surface area contributed by atoms with E-state index in [1.807, 2.05) is 0 Å². The van der Waals surface area contributed by atoms with E-state index in [0.717, 1.165) is 0 Å². The van der Waals surface area contributed by atoms with Crippen LogP contribution in [0, 0.1) is 0 Å². The van der Waals surface area contributed by atoms with Crippen molar-refractivity contribution in [3.05, 3.63) is 30.3 Å². The van der Waals surface area contributed by atoms with Crippen molar-refractivity contribution in [1.82, 2.24) is 0 Å². The van der Waals surface area contributed by atoms with Gasteiger partial charge in [-0.05, 0) is 0 Å². The molecule has 0 aromatic heterocycles. The number of rotatable bonds is 4. The molecule has 0 aliphatic heterocycles. The average Bonchev–Trinajstić information content (AvgIpc) is 2.32. The van der Waals surface area contributed by atoms with Gasteiger partial charge in [-0.25, -0.2) is 0 Å². The fourth-order valence-corrected chi connectivity index (χ4v) is 2.80. The molecule has 17 heavy (non-hydrogen) atoms. The Balaban J connectivity index is 0.000000325. The number of benzene rings is 1. The Hall–Kier alpha value is -0.0400. The van der Waals surface area contributed by atoms with Gasteiger partial charge in [-0.15, -0.1) is 0 Å². The molecular formula is C12H24O3P2. The molecule has 0 aliphatic carbocycles. The van der Waals surface area contributed by atoms with Crippen LogP contribution in [0.2, 0.25) is 0 Å². The molecule has 0 bridgehead atoms. The molecule has 0 N–H and O–H groups in total. The zero-order valence-corrected chi connectivity index (χ0v) is 13.5. The third-order valence-corrected chi connectivity index (χ3v) is 5.05. The van der Waals surface area contributed by atoms with Crippen LogP contribution in [0.4, 0.5) is 0 Å². The van der Waals surface area contributed by atoms with Gasteiger partial charge in [0.05, 0.1) is 0 Å². The normalized spacial score (nSPS) is 11.9. The third-order valence-electron chi connectivity index (χ3n) is 2.09. The first-order valence-corrected chi connectivity index (χ1v) is 10.0. The van der Waals surface area contributed by atoms with Crippen LogP contribution in [0.15, 0.2) is 30.3 Å². The molecule has 0 saturated heterocycles. The Morgan fingerprint density at radius 2 is 1.24 bits per heavy atom. The molecule has 0 aliphatic rings. The van der Waals surface area contributed by atoms with E-state index in [-0.39, 0.29) is 0 Å². The van der Waals surface area contributed by atoms with Gasteiger partial charge in [0.25, 0.3) is 0 Å². The van der Waals surface area contributed by atoms with Crippen LogP contribution in [0.3, 0.4) is 0 Å². The second-order valence-electron chi connectivity index (χ2n) is 4.39. The molecule has 0 unspecified atom stereocenters. The van der Waals surface area contributed by atoms with Gasteiger partial charge in [0.1, 0.15) is 0 Å². The van der Waals surface area contributed by atoms with Gasteiger partial charge in [-0.3, -0.25) is 0 Å². The monoisotopic (exact) mass is 278 g/mol. The molecule has 0 radical (unpaired) electrons. The molecule has 0 fully saturated rings. The standard InChI is InChI=1S/C9H15P.C3H9O3P/c1-10(2,3)9-7-5-4-6-8-9;1-4-7(5-2)6-3/h4-8,10H,1-3H3;1-3H3. The Morgan fingerprint density at radius 3 is 1.41 bits per heavy atom. The molecule has 5 heteroatoms. The summed E-state index contributed by atoms with van der Waals surface area (Å²) >= 11 is 0. The van der Waals surface area contributed by atoms with Crippen molar-refractivity contribution in [3.8, 4) is 0 Å². The average molecular weight is 278 g/mol. The van der Waals surface area contributed by atoms with E-state index in [9.17, 15) is 0 Å². The molecule has 0 spiro atoms. The first-order valence-electron chi connectivity index (χ1n) is 5.43. The topological polar surface area (TPSA) is 27.7 Å². The quantitative estimate of drug-likeness (QED) is 0.792. The van der Waals surface area contributed by atoms with Crippen LogP contribution in [0.5, 0.6) is 0 Å². The maximum atomic E-state index is 4.67. The number of hydrogen-bond acceptors (Lipinski definition) is 3. The summed E-state index contributed by atoms with van der Waals surface area (Å²) in [6.45, 7) is 7.09. The summed E-state index contributed by atoms with van der Waals surface area (Å²) in [7, 11) is 2.53. The predicted octanol–water partition coefficient (Wildman–Crippen LogP) is 3.10. The Morgan fingerprint density at radius 1 is 0.824 bits per heavy atom. The Labute approximate surface area is 107 Å². The summed E-state index contributed by atoms with van der Waals surface area (Å²) in [6.07, 6.45) is 0. The molecular weight excluding hydrogens is 254 g/mol. The van der Waals surface area contributed by atoms with Crippen molar-refractivity contribution in [2.75, 3.05) is 41.3 Å². The number of hydrogen-bond donors (Lipinski definition) is 0. The minimum atomic E-state index is -1.05. The molecule has 0 atom stereocenters. The van der Waals surface area contributed by atoms with Crippen molar-refractivity contribution < 1.29 is 13.6 Å². The molecule has 3 nitrogen and oxygen atoms in total. The summed E-state index contributed by atoms with van der Waals surface area (Å²) in [5.41, 5.74) is 0. The van der Waals surface area contributed by atoms with E-state index in [4.69, 9.17) is 0 Å². The van der Waals surface area contributed by atoms with Crippen LogP contribution < -0.4 is 5.30 Å². The molecule has 1 rings (SSSR count). The zero-order valence-electron chi connectivity index (χ0n) is 11.6. The van der Waals surface area contributed by atoms with Crippen LogP contribution in [-0.2, 0) is 13.6 Å². The van der Waals surface area contributed by atoms with Gasteiger partial charge in [0.2, 0.25) is 0 Å². The van der Waals surface area contributed by atoms with E-state index in [2.05, 4.69) is 63.9 Å². The Bertz CT molecular complexity index is 276. The van der Waals surface area contributed by atoms with Crippen molar-refractivity contribution in [2.24, 2.45) is 0 Å². The van der Waals surface area contributed by atoms with E-state index in [0.29, 0.717) is 0 Å². The minimum absolute atomic E-state index is 1.03. The van der Waals surface area contributed by atoms with Gasteiger partial charge in [0.15, 0.2) is 0 Å². The Kier molecular flexibility index (Phi) is 8.94. The predicted molar refractivity (Wildman–Crippen MR) is 80.1 cm³/mol. The van der Waals surface area contributed by atoms with Gasteiger partial charge in [-0.1, -0.05) is 0 Å². The van der Waals surface area contributed by atoms with Gasteiger partial charge in [0, 0.05) is 21.3 Å². The van der Waals surface area contributed by atoms with Crippen LogP contribution in [0.1, 0.15) is 0 Å². The first-order chi connectivity index (χ1) is 7.95. The van der Waals surface area contributed by atoms with Crippen LogP contribution in [-0.4, -0.2) is 41.3 Å². The fourth-order valence-electron chi connectivity index (χ4n) is 1.16. The summed E-state index contributed by atoms with van der Waals surface area (Å²) in [5.74, 6) is 0. The molecule has 0 amide bonds. The van der Waals surface area contributed by atoms with E-state index in [1.54, 1.807) is 21.3 Å². The van der Waals surface area contributed by atoms with Crippen LogP contribution in [0.25, 0.3) is 0 Å². The van der Waals surface area contributed by atoms with E-state index >= 15 is 0 Å². The molecule has 1 aromatic carbocycles. The SMILES string of the molecule is COP(OC)OC.C[PH](C)(C)c1ccccc1. The van der Waals surface area contributed by atoms with E-state index in [1.165, 1.54) is 5.30 Å². The summed E-state index contributed by atoms with van der Waals surface area (Å²) < 4.78 is 14.0. The molecule has 1 aromatic rings. The fraction of sp³-hybridized carbons (Fsp3) is 0.500. The van der Waals surface area contributed by atoms with E-state index < -0.39 is 15.9 Å². The maximum absolute atomic E-state index is 4.67. The molecule has 0 heterocycles. The van der Waals surface area contributed by atoms with Gasteiger partial charge >= 0.3 is 71.5 Å². The second kappa shape index (κ2) is 8.97. The van der Waals surface area contributed by atoms with Crippen molar-refractivity contribution in [2.45, 2.75) is 0 Å². The summed E-state index contributed by atoms with van der Waals surface area (Å²) in [6, 6.07) is 10.8. The molecule has 100 valence electrons. The summed E-state index contributed by atoms with van der Waals surface area (Å²) in [5, 5.41) is 1.54. The van der Waals surface area contributed by atoms with Crippen molar-refractivity contribution in [1.29, 1.82) is 0 Å². The molecule has 0 saturated carbocycles. The van der Waals surface area contributed by atoms with Crippen molar-refractivity contribution in [3.63, 3.8) is 0 Å². The van der Waals surface area contributed by atoms with Crippen LogP contribution >= 0.6 is 15.9 Å².